The van der Waals surface area contributed by atoms with Crippen LogP contribution in [0.4, 0.5) is 4.39 Å². The van der Waals surface area contributed by atoms with Crippen molar-refractivity contribution in [3.05, 3.63) is 34.6 Å². The fraction of sp³-hybridized carbons (Fsp3) is 0.708. The summed E-state index contributed by atoms with van der Waals surface area (Å²) in [5, 5.41) is 8.93. The standard InChI is InChI=1S/C24H35FN2O2/c1-4-20-10-21-19(8-18(9-22(21)25)23(28)26-29)13-27(20)14-24(3)11-16-5-15(2)6-17(7-16)12-24/h8-9,15-17,20,29H,4-7,10-14H2,1-3H3,(H,26,28). The molecular weight excluding hydrogens is 367 g/mol. The van der Waals surface area contributed by atoms with Crippen molar-refractivity contribution in [1.82, 2.24) is 10.4 Å². The monoisotopic (exact) mass is 402 g/mol. The molecule has 1 aliphatic heterocycles. The molecule has 2 N–H and O–H groups in total. The molecule has 1 aromatic carbocycles. The highest BCUT2D eigenvalue weighted by atomic mass is 19.1. The van der Waals surface area contributed by atoms with Crippen molar-refractivity contribution in [1.29, 1.82) is 0 Å². The minimum absolute atomic E-state index is 0.186. The summed E-state index contributed by atoms with van der Waals surface area (Å²) in [5.74, 6) is 1.60. The molecule has 3 unspecified atom stereocenters. The third-order valence-corrected chi connectivity index (χ3v) is 7.74. The lowest BCUT2D eigenvalue weighted by Crippen LogP contribution is -2.48. The van der Waals surface area contributed by atoms with Crippen LogP contribution in [0.2, 0.25) is 0 Å². The second-order valence-electron chi connectivity index (χ2n) is 10.5. The van der Waals surface area contributed by atoms with E-state index in [1.54, 1.807) is 11.5 Å². The Morgan fingerprint density at radius 1 is 1.28 bits per heavy atom. The fourth-order valence-electron chi connectivity index (χ4n) is 6.89. The third kappa shape index (κ3) is 4.22. The SMILES string of the molecule is CCC1Cc2c(F)cc(C(=O)NO)cc2CN1CC1(C)CC2CC(C)CC(C2)C1. The predicted molar refractivity (Wildman–Crippen MR) is 111 cm³/mol. The highest BCUT2D eigenvalue weighted by Gasteiger charge is 2.43. The minimum Gasteiger partial charge on any atom is -0.295 e. The number of rotatable bonds is 4. The molecule has 1 aromatic rings. The Hall–Kier alpha value is -1.46. The quantitative estimate of drug-likeness (QED) is 0.554. The van der Waals surface area contributed by atoms with Gasteiger partial charge in [0.05, 0.1) is 0 Å². The highest BCUT2D eigenvalue weighted by Crippen LogP contribution is 2.51. The van der Waals surface area contributed by atoms with Crippen LogP contribution in [0.3, 0.4) is 0 Å². The summed E-state index contributed by atoms with van der Waals surface area (Å²) >= 11 is 0. The topological polar surface area (TPSA) is 52.6 Å². The highest BCUT2D eigenvalue weighted by molar-refractivity contribution is 5.93. The van der Waals surface area contributed by atoms with Gasteiger partial charge in [-0.05, 0) is 91.4 Å². The maximum absolute atomic E-state index is 14.7. The Labute approximate surface area is 173 Å². The number of nitrogens with zero attached hydrogens (tertiary/aromatic N) is 1. The molecule has 1 amide bonds. The molecule has 5 heteroatoms. The van der Waals surface area contributed by atoms with Crippen LogP contribution < -0.4 is 5.48 Å². The van der Waals surface area contributed by atoms with Crippen molar-refractivity contribution in [2.24, 2.45) is 23.2 Å². The van der Waals surface area contributed by atoms with Crippen LogP contribution in [0.5, 0.6) is 0 Å². The van der Waals surface area contributed by atoms with Crippen molar-refractivity contribution >= 4 is 5.91 Å². The molecule has 160 valence electrons. The molecule has 3 aliphatic rings. The lowest BCUT2D eigenvalue weighted by atomic mass is 9.59. The lowest BCUT2D eigenvalue weighted by Gasteiger charge is -2.50. The minimum atomic E-state index is -0.656. The molecule has 2 bridgehead atoms. The van der Waals surface area contributed by atoms with Crippen LogP contribution >= 0.6 is 0 Å². The van der Waals surface area contributed by atoms with Crippen molar-refractivity contribution in [2.75, 3.05) is 6.54 Å². The summed E-state index contributed by atoms with van der Waals surface area (Å²) in [4.78, 5) is 14.4. The van der Waals surface area contributed by atoms with E-state index in [1.165, 1.54) is 38.2 Å². The van der Waals surface area contributed by atoms with Gasteiger partial charge in [0.1, 0.15) is 5.82 Å². The van der Waals surface area contributed by atoms with E-state index in [-0.39, 0.29) is 11.4 Å². The van der Waals surface area contributed by atoms with Gasteiger partial charge in [-0.25, -0.2) is 9.87 Å². The Kier molecular flexibility index (Phi) is 5.73. The first-order valence-electron chi connectivity index (χ1n) is 11.3. The summed E-state index contributed by atoms with van der Waals surface area (Å²) in [6, 6.07) is 3.34. The van der Waals surface area contributed by atoms with Gasteiger partial charge in [0.2, 0.25) is 0 Å². The van der Waals surface area contributed by atoms with Gasteiger partial charge in [-0.2, -0.15) is 0 Å². The van der Waals surface area contributed by atoms with Crippen molar-refractivity contribution in [3.63, 3.8) is 0 Å². The van der Waals surface area contributed by atoms with Crippen molar-refractivity contribution in [2.45, 2.75) is 78.3 Å². The van der Waals surface area contributed by atoms with Crippen LogP contribution in [-0.4, -0.2) is 28.6 Å². The molecule has 4 nitrogen and oxygen atoms in total. The van der Waals surface area contributed by atoms with Gasteiger partial charge in [0, 0.05) is 24.7 Å². The van der Waals surface area contributed by atoms with Gasteiger partial charge in [-0.3, -0.25) is 14.9 Å². The van der Waals surface area contributed by atoms with Crippen LogP contribution in [-0.2, 0) is 13.0 Å². The number of fused-ring (bicyclic) bond motifs is 3. The Morgan fingerprint density at radius 2 is 1.97 bits per heavy atom. The van der Waals surface area contributed by atoms with Crippen LogP contribution in [0.15, 0.2) is 12.1 Å². The number of hydrogen-bond donors (Lipinski definition) is 2. The first-order valence-corrected chi connectivity index (χ1v) is 11.3. The van der Waals surface area contributed by atoms with Crippen molar-refractivity contribution in [3.8, 4) is 0 Å². The number of halogens is 1. The first-order chi connectivity index (χ1) is 13.8. The van der Waals surface area contributed by atoms with Crippen LogP contribution in [0.25, 0.3) is 0 Å². The molecule has 0 saturated heterocycles. The molecule has 0 radical (unpaired) electrons. The molecule has 3 atom stereocenters. The number of hydroxylamine groups is 1. The second-order valence-corrected chi connectivity index (χ2v) is 10.5. The molecule has 2 fully saturated rings. The summed E-state index contributed by atoms with van der Waals surface area (Å²) in [6.45, 7) is 8.78. The van der Waals surface area contributed by atoms with Crippen LogP contribution in [0, 0.1) is 29.0 Å². The molecule has 29 heavy (non-hydrogen) atoms. The predicted octanol–water partition coefficient (Wildman–Crippen LogP) is 4.93. The van der Waals surface area contributed by atoms with E-state index in [0.29, 0.717) is 24.4 Å². The molecule has 4 rings (SSSR count). The number of benzene rings is 1. The fourth-order valence-corrected chi connectivity index (χ4v) is 6.89. The molecule has 2 aliphatic carbocycles. The van der Waals surface area contributed by atoms with Crippen LogP contribution in [0.1, 0.15) is 80.8 Å². The van der Waals surface area contributed by atoms with Gasteiger partial charge < -0.3 is 0 Å². The summed E-state index contributed by atoms with van der Waals surface area (Å²) in [5.41, 5.74) is 3.76. The molecule has 2 saturated carbocycles. The van der Waals surface area contributed by atoms with Gasteiger partial charge >= 0.3 is 0 Å². The van der Waals surface area contributed by atoms with E-state index in [4.69, 9.17) is 5.21 Å². The lowest BCUT2D eigenvalue weighted by molar-refractivity contribution is 0.00390. The van der Waals surface area contributed by atoms with E-state index in [9.17, 15) is 9.18 Å². The third-order valence-electron chi connectivity index (χ3n) is 7.74. The van der Waals surface area contributed by atoms with Gasteiger partial charge in [0.15, 0.2) is 0 Å². The molecular formula is C24H35FN2O2. The number of nitrogens with one attached hydrogen (secondary N) is 1. The average molecular weight is 403 g/mol. The second kappa shape index (κ2) is 7.99. The van der Waals surface area contributed by atoms with Gasteiger partial charge in [-0.1, -0.05) is 20.8 Å². The summed E-state index contributed by atoms with van der Waals surface area (Å²) in [6.07, 6.45) is 8.44. The van der Waals surface area contributed by atoms with Crippen molar-refractivity contribution < 1.29 is 14.4 Å². The number of amides is 1. The first kappa shape index (κ1) is 20.8. The van der Waals surface area contributed by atoms with E-state index >= 15 is 0 Å². The van der Waals surface area contributed by atoms with E-state index in [1.807, 2.05) is 0 Å². The maximum Gasteiger partial charge on any atom is 0.274 e. The zero-order valence-electron chi connectivity index (χ0n) is 18.0. The molecule has 0 spiro atoms. The van der Waals surface area contributed by atoms with Gasteiger partial charge in [-0.15, -0.1) is 0 Å². The molecule has 0 aromatic heterocycles. The van der Waals surface area contributed by atoms with E-state index in [2.05, 4.69) is 25.7 Å². The summed E-state index contributed by atoms with van der Waals surface area (Å²) in [7, 11) is 0. The smallest absolute Gasteiger partial charge is 0.274 e. The zero-order valence-corrected chi connectivity index (χ0v) is 18.0. The maximum atomic E-state index is 14.7. The Bertz CT molecular complexity index is 762. The number of carbonyl (C=O) groups excluding carboxylic acids is 1. The zero-order chi connectivity index (χ0) is 20.8. The Balaban J connectivity index is 1.55. The molecule has 1 heterocycles. The summed E-state index contributed by atoms with van der Waals surface area (Å²) < 4.78 is 14.7. The largest absolute Gasteiger partial charge is 0.295 e. The van der Waals surface area contributed by atoms with E-state index in [0.717, 1.165) is 41.8 Å². The number of carbonyl (C=O) groups is 1. The normalized spacial score (nSPS) is 34.5. The number of hydrogen-bond acceptors (Lipinski definition) is 3. The average Bonchev–Trinajstić information content (AvgIpc) is 2.65. The van der Waals surface area contributed by atoms with E-state index < -0.39 is 5.91 Å². The van der Waals surface area contributed by atoms with Gasteiger partial charge in [0.25, 0.3) is 5.91 Å². The Morgan fingerprint density at radius 3 is 2.59 bits per heavy atom.